The molecule has 0 aliphatic carbocycles. The fourth-order valence-corrected chi connectivity index (χ4v) is 2.51. The van der Waals surface area contributed by atoms with Gasteiger partial charge < -0.3 is 9.52 Å². The Kier molecular flexibility index (Phi) is 4.16. The molecule has 0 fully saturated rings. The highest BCUT2D eigenvalue weighted by atomic mass is 16.4. The van der Waals surface area contributed by atoms with Gasteiger partial charge in [0, 0.05) is 28.9 Å². The summed E-state index contributed by atoms with van der Waals surface area (Å²) in [5, 5.41) is 10.7. The van der Waals surface area contributed by atoms with Crippen LogP contribution in [0.1, 0.15) is 44.2 Å². The van der Waals surface area contributed by atoms with E-state index in [0.717, 1.165) is 6.42 Å². The van der Waals surface area contributed by atoms with Crippen molar-refractivity contribution < 1.29 is 14.3 Å². The minimum absolute atomic E-state index is 0.0376. The van der Waals surface area contributed by atoms with Crippen molar-refractivity contribution in [1.29, 1.82) is 0 Å². The highest BCUT2D eigenvalue weighted by Gasteiger charge is 2.24. The van der Waals surface area contributed by atoms with E-state index >= 15 is 0 Å². The van der Waals surface area contributed by atoms with Gasteiger partial charge in [-0.3, -0.25) is 4.79 Å². The number of aromatic hydroxyl groups is 1. The second-order valence-electron chi connectivity index (χ2n) is 5.54. The van der Waals surface area contributed by atoms with E-state index in [0.29, 0.717) is 22.1 Å². The molecule has 1 N–H and O–H groups in total. The largest absolute Gasteiger partial charge is 0.508 e. The van der Waals surface area contributed by atoms with Gasteiger partial charge in [0.25, 0.3) is 0 Å². The molecule has 112 valence electrons. The van der Waals surface area contributed by atoms with E-state index in [1.54, 1.807) is 19.1 Å². The van der Waals surface area contributed by atoms with Crippen LogP contribution in [0, 0.1) is 12.8 Å². The molecule has 0 radical (unpaired) electrons. The Morgan fingerprint density at radius 3 is 2.62 bits per heavy atom. The maximum atomic E-state index is 12.4. The number of carbonyl (C=O) groups is 1. The lowest BCUT2D eigenvalue weighted by Gasteiger charge is -2.18. The normalized spacial score (nSPS) is 14.1. The van der Waals surface area contributed by atoms with Crippen LogP contribution in [0.4, 0.5) is 0 Å². The lowest BCUT2D eigenvalue weighted by Crippen LogP contribution is -2.17. The molecule has 4 heteroatoms. The molecule has 1 aromatic heterocycles. The zero-order chi connectivity index (χ0) is 15.7. The van der Waals surface area contributed by atoms with Crippen LogP contribution in [0.2, 0.25) is 0 Å². The van der Waals surface area contributed by atoms with Crippen molar-refractivity contribution in [3.63, 3.8) is 0 Å². The van der Waals surface area contributed by atoms with Crippen LogP contribution in [-0.2, 0) is 4.79 Å². The molecule has 21 heavy (non-hydrogen) atoms. The summed E-state index contributed by atoms with van der Waals surface area (Å²) >= 11 is 0. The Bertz CT molecular complexity index is 742. The molecule has 0 unspecified atom stereocenters. The third kappa shape index (κ3) is 2.71. The first-order chi connectivity index (χ1) is 9.86. The Morgan fingerprint density at radius 1 is 1.33 bits per heavy atom. The smallest absolute Gasteiger partial charge is 0.336 e. The van der Waals surface area contributed by atoms with Crippen molar-refractivity contribution in [2.75, 3.05) is 0 Å². The van der Waals surface area contributed by atoms with Gasteiger partial charge in [0.15, 0.2) is 0 Å². The number of carbonyl (C=O) groups excluding carboxylic acids is 1. The lowest BCUT2D eigenvalue weighted by molar-refractivity contribution is -0.123. The lowest BCUT2D eigenvalue weighted by atomic mass is 9.86. The number of hydrogen-bond donors (Lipinski definition) is 1. The first kappa shape index (κ1) is 15.3. The molecule has 2 atom stereocenters. The average molecular weight is 288 g/mol. The number of fused-ring (bicyclic) bond motifs is 1. The Hall–Kier alpha value is -2.10. The van der Waals surface area contributed by atoms with E-state index in [-0.39, 0.29) is 23.4 Å². The predicted octanol–water partition coefficient (Wildman–Crippen LogP) is 3.53. The standard InChI is InChI=1S/C17H20O4/c1-5-9(2)16(20)10(3)13-8-14(18)11(4)17-12(13)6-7-15(19)21-17/h6-10,18H,5H2,1-4H3/t9-,10-/m1/s1. The highest BCUT2D eigenvalue weighted by molar-refractivity contribution is 5.94. The van der Waals surface area contributed by atoms with Crippen molar-refractivity contribution in [3.8, 4) is 5.75 Å². The van der Waals surface area contributed by atoms with E-state index in [1.165, 1.54) is 6.07 Å². The summed E-state index contributed by atoms with van der Waals surface area (Å²) < 4.78 is 5.20. The number of phenolic OH excluding ortho intramolecular Hbond substituents is 1. The van der Waals surface area contributed by atoms with E-state index in [9.17, 15) is 14.7 Å². The van der Waals surface area contributed by atoms with Crippen LogP contribution in [0.25, 0.3) is 11.0 Å². The second-order valence-corrected chi connectivity index (χ2v) is 5.54. The van der Waals surface area contributed by atoms with Gasteiger partial charge in [0.1, 0.15) is 17.1 Å². The van der Waals surface area contributed by atoms with E-state index in [4.69, 9.17) is 4.42 Å². The van der Waals surface area contributed by atoms with E-state index < -0.39 is 5.63 Å². The first-order valence-electron chi connectivity index (χ1n) is 7.16. The third-order valence-electron chi connectivity index (χ3n) is 4.15. The van der Waals surface area contributed by atoms with Crippen LogP contribution >= 0.6 is 0 Å². The van der Waals surface area contributed by atoms with Gasteiger partial charge in [-0.25, -0.2) is 4.79 Å². The van der Waals surface area contributed by atoms with Crippen molar-refractivity contribution in [2.45, 2.75) is 40.0 Å². The van der Waals surface area contributed by atoms with Crippen LogP contribution in [0.5, 0.6) is 5.75 Å². The van der Waals surface area contributed by atoms with Crippen molar-refractivity contribution in [2.24, 2.45) is 5.92 Å². The molecule has 2 rings (SSSR count). The molecule has 0 aliphatic heterocycles. The third-order valence-corrected chi connectivity index (χ3v) is 4.15. The number of Topliss-reactive ketones (excluding diaryl/α,β-unsaturated/α-hetero) is 1. The topological polar surface area (TPSA) is 67.5 Å². The Balaban J connectivity index is 2.67. The number of phenols is 1. The van der Waals surface area contributed by atoms with Crippen LogP contribution < -0.4 is 5.63 Å². The van der Waals surface area contributed by atoms with Gasteiger partial charge in [-0.1, -0.05) is 20.8 Å². The van der Waals surface area contributed by atoms with Crippen LogP contribution in [0.3, 0.4) is 0 Å². The maximum absolute atomic E-state index is 12.4. The van der Waals surface area contributed by atoms with Gasteiger partial charge in [-0.2, -0.15) is 0 Å². The summed E-state index contributed by atoms with van der Waals surface area (Å²) in [6.07, 6.45) is 0.772. The SMILES string of the molecule is CC[C@@H](C)C(=O)[C@H](C)c1cc(O)c(C)c2oc(=O)ccc12. The summed E-state index contributed by atoms with van der Waals surface area (Å²) in [7, 11) is 0. The average Bonchev–Trinajstić information content (AvgIpc) is 2.48. The van der Waals surface area contributed by atoms with Gasteiger partial charge in [-0.15, -0.1) is 0 Å². The minimum Gasteiger partial charge on any atom is -0.508 e. The predicted molar refractivity (Wildman–Crippen MR) is 81.8 cm³/mol. The fourth-order valence-electron chi connectivity index (χ4n) is 2.51. The van der Waals surface area contributed by atoms with Crippen LogP contribution in [-0.4, -0.2) is 10.9 Å². The summed E-state index contributed by atoms with van der Waals surface area (Å²) in [6.45, 7) is 7.38. The molecule has 0 spiro atoms. The second kappa shape index (κ2) is 5.72. The molecule has 0 amide bonds. The number of hydrogen-bond acceptors (Lipinski definition) is 4. The number of ketones is 1. The Labute approximate surface area is 123 Å². The molecule has 1 aromatic carbocycles. The van der Waals surface area contributed by atoms with Gasteiger partial charge >= 0.3 is 5.63 Å². The number of aryl methyl sites for hydroxylation is 1. The van der Waals surface area contributed by atoms with Gasteiger partial charge in [0.05, 0.1) is 0 Å². The summed E-state index contributed by atoms with van der Waals surface area (Å²) in [5.74, 6) is -0.250. The van der Waals surface area contributed by atoms with Crippen molar-refractivity contribution in [1.82, 2.24) is 0 Å². The molecule has 0 aliphatic rings. The quantitative estimate of drug-likeness (QED) is 0.874. The molecule has 4 nitrogen and oxygen atoms in total. The van der Waals surface area contributed by atoms with Gasteiger partial charge in [-0.05, 0) is 31.0 Å². The summed E-state index contributed by atoms with van der Waals surface area (Å²) in [5.41, 5.74) is 1.08. The molecular formula is C17H20O4. The molecule has 0 bridgehead atoms. The maximum Gasteiger partial charge on any atom is 0.336 e. The van der Waals surface area contributed by atoms with Crippen molar-refractivity contribution >= 4 is 16.8 Å². The highest BCUT2D eigenvalue weighted by Crippen LogP contribution is 2.34. The summed E-state index contributed by atoms with van der Waals surface area (Å²) in [6, 6.07) is 4.59. The van der Waals surface area contributed by atoms with E-state index in [2.05, 4.69) is 0 Å². The number of benzene rings is 1. The first-order valence-corrected chi connectivity index (χ1v) is 7.16. The molecule has 1 heterocycles. The minimum atomic E-state index is -0.469. The fraction of sp³-hybridized carbons (Fsp3) is 0.412. The molecule has 0 saturated carbocycles. The number of rotatable bonds is 4. The monoisotopic (exact) mass is 288 g/mol. The van der Waals surface area contributed by atoms with E-state index in [1.807, 2.05) is 20.8 Å². The molecule has 2 aromatic rings. The van der Waals surface area contributed by atoms with Crippen molar-refractivity contribution in [3.05, 3.63) is 39.7 Å². The zero-order valence-electron chi connectivity index (χ0n) is 12.8. The Morgan fingerprint density at radius 2 is 2.00 bits per heavy atom. The summed E-state index contributed by atoms with van der Waals surface area (Å²) in [4.78, 5) is 23.8. The van der Waals surface area contributed by atoms with Crippen LogP contribution in [0.15, 0.2) is 27.4 Å². The molecular weight excluding hydrogens is 268 g/mol. The molecule has 0 saturated heterocycles. The van der Waals surface area contributed by atoms with Gasteiger partial charge in [0.2, 0.25) is 0 Å². The zero-order valence-corrected chi connectivity index (χ0v) is 12.8.